The number of ether oxygens (including phenoxy) is 1. The molecule has 150 valence electrons. The lowest BCUT2D eigenvalue weighted by Crippen LogP contribution is -2.35. The Morgan fingerprint density at radius 3 is 2.50 bits per heavy atom. The number of rotatable bonds is 5. The molecule has 3 rings (SSSR count). The van der Waals surface area contributed by atoms with Crippen LogP contribution in [-0.4, -0.2) is 38.8 Å². The lowest BCUT2D eigenvalue weighted by Gasteiger charge is -2.26. The second-order valence-electron chi connectivity index (χ2n) is 6.38. The first kappa shape index (κ1) is 20.9. The number of carbonyl (C=O) groups is 1. The second kappa shape index (κ2) is 8.69. The van der Waals surface area contributed by atoms with Crippen LogP contribution in [0.2, 0.25) is 10.0 Å². The van der Waals surface area contributed by atoms with E-state index in [0.717, 1.165) is 19.3 Å². The lowest BCUT2D eigenvalue weighted by molar-refractivity contribution is 0.102. The third-order valence-electron chi connectivity index (χ3n) is 4.57. The molecule has 28 heavy (non-hydrogen) atoms. The minimum Gasteiger partial charge on any atom is -0.495 e. The van der Waals surface area contributed by atoms with Gasteiger partial charge in [0, 0.05) is 13.1 Å². The number of methoxy groups -OCH3 is 1. The van der Waals surface area contributed by atoms with Crippen molar-refractivity contribution < 1.29 is 17.9 Å². The standard InChI is InChI=1S/C19H20Cl2N2O4S/c1-27-17-9-8-13(28(25,26)23-10-3-2-4-11-23)12-16(17)22-19(24)14-6-5-7-15(20)18(14)21/h5-9,12H,2-4,10-11H2,1H3,(H,22,24). The topological polar surface area (TPSA) is 75.7 Å². The molecule has 9 heteroatoms. The maximum absolute atomic E-state index is 12.9. The molecule has 1 fully saturated rings. The molecule has 0 saturated carbocycles. The third kappa shape index (κ3) is 4.27. The number of sulfonamides is 1. The maximum Gasteiger partial charge on any atom is 0.257 e. The minimum absolute atomic E-state index is 0.0997. The molecule has 1 aliphatic rings. The van der Waals surface area contributed by atoms with Crippen LogP contribution in [0.3, 0.4) is 0 Å². The van der Waals surface area contributed by atoms with Gasteiger partial charge in [-0.05, 0) is 43.2 Å². The summed E-state index contributed by atoms with van der Waals surface area (Å²) in [6.07, 6.45) is 2.70. The van der Waals surface area contributed by atoms with Crippen molar-refractivity contribution in [1.82, 2.24) is 4.31 Å². The number of carbonyl (C=O) groups excluding carboxylic acids is 1. The van der Waals surface area contributed by atoms with E-state index in [1.54, 1.807) is 12.1 Å². The highest BCUT2D eigenvalue weighted by Gasteiger charge is 2.27. The van der Waals surface area contributed by atoms with Crippen molar-refractivity contribution in [2.45, 2.75) is 24.2 Å². The van der Waals surface area contributed by atoms with Gasteiger partial charge in [-0.1, -0.05) is 35.7 Å². The van der Waals surface area contributed by atoms with Gasteiger partial charge in [-0.15, -0.1) is 0 Å². The lowest BCUT2D eigenvalue weighted by atomic mass is 10.2. The summed E-state index contributed by atoms with van der Waals surface area (Å²) in [5.74, 6) is -0.178. The van der Waals surface area contributed by atoms with Crippen LogP contribution >= 0.6 is 23.2 Å². The van der Waals surface area contributed by atoms with E-state index < -0.39 is 15.9 Å². The third-order valence-corrected chi connectivity index (χ3v) is 7.28. The SMILES string of the molecule is COc1ccc(S(=O)(=O)N2CCCCC2)cc1NC(=O)c1cccc(Cl)c1Cl. The van der Waals surface area contributed by atoms with Crippen LogP contribution in [0.1, 0.15) is 29.6 Å². The van der Waals surface area contributed by atoms with Crippen LogP contribution in [0.25, 0.3) is 0 Å². The number of benzene rings is 2. The summed E-state index contributed by atoms with van der Waals surface area (Å²) in [6, 6.07) is 9.12. The van der Waals surface area contributed by atoms with Gasteiger partial charge in [-0.3, -0.25) is 4.79 Å². The fourth-order valence-corrected chi connectivity index (χ4v) is 5.00. The number of hydrogen-bond donors (Lipinski definition) is 1. The van der Waals surface area contributed by atoms with Crippen LogP contribution in [0, 0.1) is 0 Å². The molecule has 1 aliphatic heterocycles. The Morgan fingerprint density at radius 1 is 1.11 bits per heavy atom. The minimum atomic E-state index is -3.65. The van der Waals surface area contributed by atoms with Gasteiger partial charge in [-0.25, -0.2) is 8.42 Å². The molecular formula is C19H20Cl2N2O4S. The van der Waals surface area contributed by atoms with Gasteiger partial charge in [-0.2, -0.15) is 4.31 Å². The van der Waals surface area contributed by atoms with Crippen molar-refractivity contribution in [3.8, 4) is 5.75 Å². The summed E-state index contributed by atoms with van der Waals surface area (Å²) in [5, 5.41) is 3.05. The fourth-order valence-electron chi connectivity index (χ4n) is 3.07. The number of nitrogens with zero attached hydrogens (tertiary/aromatic N) is 1. The molecule has 2 aromatic carbocycles. The van der Waals surface area contributed by atoms with Gasteiger partial charge in [0.15, 0.2) is 0 Å². The zero-order valence-electron chi connectivity index (χ0n) is 15.2. The molecule has 1 amide bonds. The molecule has 0 aromatic heterocycles. The predicted octanol–water partition coefficient (Wildman–Crippen LogP) is 4.43. The van der Waals surface area contributed by atoms with Gasteiger partial charge in [0.05, 0.1) is 33.3 Å². The number of anilines is 1. The van der Waals surface area contributed by atoms with Crippen LogP contribution in [0.5, 0.6) is 5.75 Å². The summed E-state index contributed by atoms with van der Waals surface area (Å²) >= 11 is 12.1. The normalized spacial score (nSPS) is 15.2. The van der Waals surface area contributed by atoms with E-state index >= 15 is 0 Å². The van der Waals surface area contributed by atoms with Crippen molar-refractivity contribution >= 4 is 44.8 Å². The highest BCUT2D eigenvalue weighted by atomic mass is 35.5. The Hall–Kier alpha value is -1.80. The first-order valence-electron chi connectivity index (χ1n) is 8.78. The zero-order chi connectivity index (χ0) is 20.3. The van der Waals surface area contributed by atoms with E-state index in [1.807, 2.05) is 0 Å². The molecule has 1 heterocycles. The average molecular weight is 443 g/mol. The highest BCUT2D eigenvalue weighted by Crippen LogP contribution is 2.32. The van der Waals surface area contributed by atoms with Gasteiger partial charge >= 0.3 is 0 Å². The smallest absolute Gasteiger partial charge is 0.257 e. The number of hydrogen-bond acceptors (Lipinski definition) is 4. The largest absolute Gasteiger partial charge is 0.495 e. The van der Waals surface area contributed by atoms with Crippen LogP contribution in [-0.2, 0) is 10.0 Å². The highest BCUT2D eigenvalue weighted by molar-refractivity contribution is 7.89. The van der Waals surface area contributed by atoms with Crippen molar-refractivity contribution in [2.24, 2.45) is 0 Å². The van der Waals surface area contributed by atoms with Crippen molar-refractivity contribution in [3.05, 3.63) is 52.0 Å². The molecule has 1 saturated heterocycles. The molecule has 0 atom stereocenters. The number of halogens is 2. The first-order chi connectivity index (χ1) is 13.3. The molecule has 0 aliphatic carbocycles. The van der Waals surface area contributed by atoms with Crippen molar-refractivity contribution in [1.29, 1.82) is 0 Å². The van der Waals surface area contributed by atoms with E-state index in [1.165, 1.54) is 35.7 Å². The molecule has 0 bridgehead atoms. The Balaban J connectivity index is 1.93. The molecule has 0 unspecified atom stereocenters. The second-order valence-corrected chi connectivity index (χ2v) is 9.11. The summed E-state index contributed by atoms with van der Waals surface area (Å²) in [5.41, 5.74) is 0.419. The van der Waals surface area contributed by atoms with Crippen molar-refractivity contribution in [2.75, 3.05) is 25.5 Å². The molecule has 0 radical (unpaired) electrons. The van der Waals surface area contributed by atoms with Crippen molar-refractivity contribution in [3.63, 3.8) is 0 Å². The van der Waals surface area contributed by atoms with E-state index in [-0.39, 0.29) is 26.2 Å². The van der Waals surface area contributed by atoms with Crippen LogP contribution in [0.4, 0.5) is 5.69 Å². The summed E-state index contributed by atoms with van der Waals surface area (Å²) in [6.45, 7) is 0.988. The van der Waals surface area contributed by atoms with E-state index in [9.17, 15) is 13.2 Å². The summed E-state index contributed by atoms with van der Waals surface area (Å²) in [7, 11) is -2.20. The quantitative estimate of drug-likeness (QED) is 0.742. The Bertz CT molecular complexity index is 989. The van der Waals surface area contributed by atoms with Gasteiger partial charge < -0.3 is 10.1 Å². The molecule has 6 nitrogen and oxygen atoms in total. The summed E-state index contributed by atoms with van der Waals surface area (Å²) < 4.78 is 32.6. The van der Waals surface area contributed by atoms with E-state index in [4.69, 9.17) is 27.9 Å². The van der Waals surface area contributed by atoms with Gasteiger partial charge in [0.2, 0.25) is 10.0 Å². The zero-order valence-corrected chi connectivity index (χ0v) is 17.6. The molecule has 2 aromatic rings. The Labute approximate surface area is 174 Å². The monoisotopic (exact) mass is 442 g/mol. The summed E-state index contributed by atoms with van der Waals surface area (Å²) in [4.78, 5) is 12.7. The molecule has 0 spiro atoms. The first-order valence-corrected chi connectivity index (χ1v) is 11.0. The van der Waals surface area contributed by atoms with Gasteiger partial charge in [0.25, 0.3) is 5.91 Å². The average Bonchev–Trinajstić information content (AvgIpc) is 2.70. The number of amides is 1. The van der Waals surface area contributed by atoms with Gasteiger partial charge in [0.1, 0.15) is 5.75 Å². The van der Waals surface area contributed by atoms with E-state index in [0.29, 0.717) is 18.8 Å². The predicted molar refractivity (Wildman–Crippen MR) is 110 cm³/mol. The fraction of sp³-hybridized carbons (Fsp3) is 0.316. The number of piperidine rings is 1. The Morgan fingerprint density at radius 2 is 1.82 bits per heavy atom. The van der Waals surface area contributed by atoms with Crippen LogP contribution in [0.15, 0.2) is 41.3 Å². The maximum atomic E-state index is 12.9. The van der Waals surface area contributed by atoms with E-state index in [2.05, 4.69) is 5.32 Å². The molecule has 1 N–H and O–H groups in total. The molecular weight excluding hydrogens is 423 g/mol. The van der Waals surface area contributed by atoms with Crippen LogP contribution < -0.4 is 10.1 Å². The Kier molecular flexibility index (Phi) is 6.50. The number of nitrogens with one attached hydrogen (secondary N) is 1.